The van der Waals surface area contributed by atoms with Crippen LogP contribution in [-0.2, 0) is 16.8 Å². The lowest BCUT2D eigenvalue weighted by Gasteiger charge is -2.14. The van der Waals surface area contributed by atoms with Crippen LogP contribution in [0.1, 0.15) is 50.8 Å². The lowest BCUT2D eigenvalue weighted by atomic mass is 9.93. The van der Waals surface area contributed by atoms with Gasteiger partial charge in [0.25, 0.3) is 11.1 Å². The largest absolute Gasteiger partial charge is 0.346 e. The van der Waals surface area contributed by atoms with Gasteiger partial charge in [0.15, 0.2) is 5.65 Å². The van der Waals surface area contributed by atoms with Gasteiger partial charge in [0, 0.05) is 29.3 Å². The second-order valence-corrected chi connectivity index (χ2v) is 7.89. The monoisotopic (exact) mass is 384 g/mol. The Morgan fingerprint density at radius 1 is 1.21 bits per heavy atom. The summed E-state index contributed by atoms with van der Waals surface area (Å²) in [5.74, 6) is -0.390. The second-order valence-electron chi connectivity index (χ2n) is 7.89. The third kappa shape index (κ3) is 4.03. The molecule has 0 aliphatic rings. The molecule has 0 bridgehead atoms. The van der Waals surface area contributed by atoms with E-state index in [1.165, 1.54) is 16.6 Å². The summed E-state index contributed by atoms with van der Waals surface area (Å²) in [6.07, 6.45) is 0. The van der Waals surface area contributed by atoms with E-state index in [4.69, 9.17) is 0 Å². The molecule has 0 spiro atoms. The number of H-pyrrole nitrogens is 1. The van der Waals surface area contributed by atoms with Crippen LogP contribution < -0.4 is 16.4 Å². The summed E-state index contributed by atoms with van der Waals surface area (Å²) in [6, 6.07) is 5.68. The zero-order valence-corrected chi connectivity index (χ0v) is 16.6. The number of nitrogens with one attached hydrogen (secondary N) is 2. The molecule has 28 heavy (non-hydrogen) atoms. The number of fused-ring (bicyclic) bond motifs is 1. The van der Waals surface area contributed by atoms with Gasteiger partial charge in [-0.3, -0.25) is 19.5 Å². The van der Waals surface area contributed by atoms with Crippen molar-refractivity contribution in [1.82, 2.24) is 29.7 Å². The molecule has 9 nitrogen and oxygen atoms in total. The van der Waals surface area contributed by atoms with Crippen LogP contribution in [-0.4, -0.2) is 30.3 Å². The number of rotatable bonds is 4. The molecule has 0 saturated carbocycles. The summed E-state index contributed by atoms with van der Waals surface area (Å²) >= 11 is 0. The fraction of sp³-hybridized carbons (Fsp3) is 0.421. The predicted octanol–water partition coefficient (Wildman–Crippen LogP) is 1.06. The van der Waals surface area contributed by atoms with Gasteiger partial charge in [-0.2, -0.15) is 5.10 Å². The molecule has 1 unspecified atom stereocenters. The Hall–Kier alpha value is -3.23. The van der Waals surface area contributed by atoms with E-state index < -0.39 is 6.04 Å². The van der Waals surface area contributed by atoms with Crippen LogP contribution in [0.25, 0.3) is 5.65 Å². The third-order valence-electron chi connectivity index (χ3n) is 4.39. The molecule has 9 heteroatoms. The summed E-state index contributed by atoms with van der Waals surface area (Å²) in [6.45, 7) is 9.38. The Kier molecular flexibility index (Phi) is 4.93. The standard InChI is InChI=1S/C19H24N6O3/c1-11-6-7-17(27)24(22-11)10-16(26)20-12(2)13-8-18(28)25-15(21-13)9-14(23-25)19(3,4)5/h6-9,12,23H,10H2,1-5H3,(H,20,26). The minimum atomic E-state index is -0.501. The lowest BCUT2D eigenvalue weighted by molar-refractivity contribution is -0.122. The number of aromatic nitrogens is 5. The highest BCUT2D eigenvalue weighted by molar-refractivity contribution is 5.76. The number of carbonyl (C=O) groups is 1. The zero-order chi connectivity index (χ0) is 20.6. The number of hydrogen-bond donors (Lipinski definition) is 2. The number of aryl methyl sites for hydroxylation is 1. The molecule has 3 aromatic rings. The van der Waals surface area contributed by atoms with Gasteiger partial charge in [0.1, 0.15) is 6.54 Å². The van der Waals surface area contributed by atoms with Crippen LogP contribution in [0.15, 0.2) is 33.9 Å². The summed E-state index contributed by atoms with van der Waals surface area (Å²) in [7, 11) is 0. The highest BCUT2D eigenvalue weighted by atomic mass is 16.2. The van der Waals surface area contributed by atoms with Gasteiger partial charge < -0.3 is 5.32 Å². The van der Waals surface area contributed by atoms with Crippen molar-refractivity contribution in [2.45, 2.75) is 52.6 Å². The quantitative estimate of drug-likeness (QED) is 0.698. The van der Waals surface area contributed by atoms with E-state index in [0.717, 1.165) is 10.4 Å². The predicted molar refractivity (Wildman–Crippen MR) is 104 cm³/mol. The normalized spacial score (nSPS) is 12.9. The Bertz CT molecular complexity index is 1150. The van der Waals surface area contributed by atoms with E-state index in [2.05, 4.69) is 20.5 Å². The van der Waals surface area contributed by atoms with Crippen LogP contribution in [0.3, 0.4) is 0 Å². The van der Waals surface area contributed by atoms with Crippen LogP contribution in [0, 0.1) is 6.92 Å². The first-order valence-corrected chi connectivity index (χ1v) is 9.02. The molecule has 1 amide bonds. The Morgan fingerprint density at radius 2 is 1.93 bits per heavy atom. The molecule has 0 saturated heterocycles. The molecule has 3 rings (SSSR count). The maximum atomic E-state index is 12.4. The van der Waals surface area contributed by atoms with Crippen LogP contribution in [0.5, 0.6) is 0 Å². The molecule has 2 N–H and O–H groups in total. The summed E-state index contributed by atoms with van der Waals surface area (Å²) in [5, 5.41) is 9.87. The van der Waals surface area contributed by atoms with Gasteiger partial charge in [-0.1, -0.05) is 20.8 Å². The van der Waals surface area contributed by atoms with Gasteiger partial charge in [-0.25, -0.2) is 14.2 Å². The first-order valence-electron chi connectivity index (χ1n) is 9.02. The summed E-state index contributed by atoms with van der Waals surface area (Å²) in [4.78, 5) is 41.0. The van der Waals surface area contributed by atoms with E-state index in [-0.39, 0.29) is 29.0 Å². The van der Waals surface area contributed by atoms with Gasteiger partial charge >= 0.3 is 0 Å². The van der Waals surface area contributed by atoms with Crippen LogP contribution in [0.2, 0.25) is 0 Å². The average Bonchev–Trinajstić information content (AvgIpc) is 3.03. The van der Waals surface area contributed by atoms with E-state index >= 15 is 0 Å². The van der Waals surface area contributed by atoms with Gasteiger partial charge in [-0.15, -0.1) is 0 Å². The first-order chi connectivity index (χ1) is 13.0. The molecule has 1 atom stereocenters. The molecule has 148 valence electrons. The zero-order valence-electron chi connectivity index (χ0n) is 16.6. The minimum absolute atomic E-state index is 0.159. The van der Waals surface area contributed by atoms with Gasteiger partial charge in [-0.05, 0) is 19.9 Å². The van der Waals surface area contributed by atoms with Crippen molar-refractivity contribution < 1.29 is 4.79 Å². The molecule has 0 radical (unpaired) electrons. The van der Waals surface area contributed by atoms with E-state index in [1.54, 1.807) is 19.9 Å². The van der Waals surface area contributed by atoms with Crippen molar-refractivity contribution in [1.29, 1.82) is 0 Å². The molecule has 0 aliphatic carbocycles. The highest BCUT2D eigenvalue weighted by Gasteiger charge is 2.19. The Morgan fingerprint density at radius 3 is 2.61 bits per heavy atom. The molecule has 0 aromatic carbocycles. The van der Waals surface area contributed by atoms with Gasteiger partial charge in [0.2, 0.25) is 5.91 Å². The highest BCUT2D eigenvalue weighted by Crippen LogP contribution is 2.21. The summed E-state index contributed by atoms with van der Waals surface area (Å²) < 4.78 is 2.49. The molecular weight excluding hydrogens is 360 g/mol. The number of hydrogen-bond acceptors (Lipinski definition) is 5. The van der Waals surface area contributed by atoms with E-state index in [9.17, 15) is 14.4 Å². The Balaban J connectivity index is 1.82. The van der Waals surface area contributed by atoms with E-state index in [1.807, 2.05) is 26.8 Å². The number of aromatic amines is 1. The van der Waals surface area contributed by atoms with Crippen molar-refractivity contribution in [3.05, 3.63) is 62.1 Å². The topological polar surface area (TPSA) is 114 Å². The number of amides is 1. The van der Waals surface area contributed by atoms with Crippen LogP contribution in [0.4, 0.5) is 0 Å². The molecule has 3 heterocycles. The van der Waals surface area contributed by atoms with Gasteiger partial charge in [0.05, 0.1) is 17.4 Å². The average molecular weight is 384 g/mol. The fourth-order valence-electron chi connectivity index (χ4n) is 2.78. The minimum Gasteiger partial charge on any atom is -0.346 e. The number of carbonyl (C=O) groups excluding carboxylic acids is 1. The van der Waals surface area contributed by atoms with Crippen molar-refractivity contribution in [2.75, 3.05) is 0 Å². The Labute approximate surface area is 161 Å². The molecular formula is C19H24N6O3. The van der Waals surface area contributed by atoms with Crippen molar-refractivity contribution in [3.8, 4) is 0 Å². The smallest absolute Gasteiger partial charge is 0.272 e. The SMILES string of the molecule is Cc1ccc(=O)n(CC(=O)NC(C)c2cc(=O)n3[nH]c(C(C)(C)C)cc3n2)n1. The van der Waals surface area contributed by atoms with Crippen LogP contribution >= 0.6 is 0 Å². The lowest BCUT2D eigenvalue weighted by Crippen LogP contribution is -2.35. The first kappa shape index (κ1) is 19.5. The second kappa shape index (κ2) is 7.06. The van der Waals surface area contributed by atoms with E-state index in [0.29, 0.717) is 17.0 Å². The fourth-order valence-corrected chi connectivity index (χ4v) is 2.78. The molecule has 3 aromatic heterocycles. The van der Waals surface area contributed by atoms with Crippen molar-refractivity contribution in [2.24, 2.45) is 0 Å². The molecule has 0 fully saturated rings. The number of nitrogens with zero attached hydrogens (tertiary/aromatic N) is 4. The van der Waals surface area contributed by atoms with Crippen molar-refractivity contribution in [3.63, 3.8) is 0 Å². The summed E-state index contributed by atoms with van der Waals surface area (Å²) in [5.41, 5.74) is 1.70. The maximum absolute atomic E-state index is 12.4. The maximum Gasteiger partial charge on any atom is 0.272 e. The van der Waals surface area contributed by atoms with Crippen molar-refractivity contribution >= 4 is 11.6 Å². The molecule has 0 aliphatic heterocycles. The third-order valence-corrected chi connectivity index (χ3v) is 4.39.